The lowest BCUT2D eigenvalue weighted by molar-refractivity contribution is -0.169. The highest BCUT2D eigenvalue weighted by Crippen LogP contribution is 2.32. The maximum absolute atomic E-state index is 12.2. The molecule has 0 amide bonds. The molecule has 118 valence electrons. The summed E-state index contributed by atoms with van der Waals surface area (Å²) in [7, 11) is 0. The summed E-state index contributed by atoms with van der Waals surface area (Å²) in [4.78, 5) is 14.6. The maximum Gasteiger partial charge on any atom is 0.312 e. The van der Waals surface area contributed by atoms with Crippen LogP contribution in [0.25, 0.3) is 0 Å². The van der Waals surface area contributed by atoms with Gasteiger partial charge in [0.15, 0.2) is 0 Å². The lowest BCUT2D eigenvalue weighted by Crippen LogP contribution is -2.44. The standard InChI is InChI=1S/C16H31NO3/c1-12(2)17-10-7-8-16(19,9-11-17)13(3)14(18)20-15(4,5)6/h12-13,19H,7-11H2,1-6H3. The molecule has 0 spiro atoms. The number of hydrogen-bond acceptors (Lipinski definition) is 4. The molecule has 2 unspecified atom stereocenters. The number of hydrogen-bond donors (Lipinski definition) is 1. The fourth-order valence-electron chi connectivity index (χ4n) is 2.72. The minimum absolute atomic E-state index is 0.294. The third-order valence-corrected chi connectivity index (χ3v) is 4.18. The van der Waals surface area contributed by atoms with E-state index in [9.17, 15) is 9.90 Å². The van der Waals surface area contributed by atoms with Crippen LogP contribution in [-0.4, -0.2) is 46.3 Å². The minimum Gasteiger partial charge on any atom is -0.460 e. The Kier molecular flexibility index (Phi) is 5.61. The number of likely N-dealkylation sites (tertiary alicyclic amines) is 1. The molecule has 4 nitrogen and oxygen atoms in total. The molecule has 0 aromatic carbocycles. The Hall–Kier alpha value is -0.610. The number of carbonyl (C=O) groups excluding carboxylic acids is 1. The van der Waals surface area contributed by atoms with Gasteiger partial charge in [0.2, 0.25) is 0 Å². The average Bonchev–Trinajstić information content (AvgIpc) is 2.49. The van der Waals surface area contributed by atoms with E-state index in [-0.39, 0.29) is 5.97 Å². The van der Waals surface area contributed by atoms with Gasteiger partial charge in [-0.3, -0.25) is 4.79 Å². The molecule has 0 aromatic heterocycles. The Morgan fingerprint density at radius 1 is 1.20 bits per heavy atom. The second-order valence-electron chi connectivity index (χ2n) is 7.34. The molecule has 0 aromatic rings. The van der Waals surface area contributed by atoms with Crippen molar-refractivity contribution in [3.05, 3.63) is 0 Å². The summed E-state index contributed by atoms with van der Waals surface area (Å²) in [6.07, 6.45) is 2.21. The van der Waals surface area contributed by atoms with Crippen molar-refractivity contribution in [3.63, 3.8) is 0 Å². The van der Waals surface area contributed by atoms with Crippen LogP contribution in [0.3, 0.4) is 0 Å². The van der Waals surface area contributed by atoms with Crippen LogP contribution in [0.4, 0.5) is 0 Å². The van der Waals surface area contributed by atoms with E-state index in [0.717, 1.165) is 19.5 Å². The number of aliphatic hydroxyl groups is 1. The summed E-state index contributed by atoms with van der Waals surface area (Å²) in [5.41, 5.74) is -1.44. The van der Waals surface area contributed by atoms with Crippen molar-refractivity contribution in [2.24, 2.45) is 5.92 Å². The molecule has 0 saturated carbocycles. The molecule has 1 saturated heterocycles. The van der Waals surface area contributed by atoms with Gasteiger partial charge in [0.1, 0.15) is 5.60 Å². The van der Waals surface area contributed by atoms with Crippen molar-refractivity contribution in [2.45, 2.75) is 78.0 Å². The lowest BCUT2D eigenvalue weighted by Gasteiger charge is -2.34. The van der Waals surface area contributed by atoms with E-state index in [0.29, 0.717) is 18.9 Å². The van der Waals surface area contributed by atoms with Crippen LogP contribution in [0.5, 0.6) is 0 Å². The second-order valence-corrected chi connectivity index (χ2v) is 7.34. The van der Waals surface area contributed by atoms with Crippen LogP contribution in [0.15, 0.2) is 0 Å². The minimum atomic E-state index is -0.939. The first-order chi connectivity index (χ1) is 9.05. The Morgan fingerprint density at radius 2 is 1.80 bits per heavy atom. The van der Waals surface area contributed by atoms with Gasteiger partial charge >= 0.3 is 5.97 Å². The molecule has 1 fully saturated rings. The predicted octanol–water partition coefficient (Wildman–Crippen LogP) is 2.59. The summed E-state index contributed by atoms with van der Waals surface area (Å²) in [5.74, 6) is -0.771. The fourth-order valence-corrected chi connectivity index (χ4v) is 2.72. The summed E-state index contributed by atoms with van der Waals surface area (Å²) < 4.78 is 5.42. The molecule has 0 aliphatic carbocycles. The zero-order valence-electron chi connectivity index (χ0n) is 13.9. The van der Waals surface area contributed by atoms with Gasteiger partial charge < -0.3 is 14.7 Å². The molecule has 1 N–H and O–H groups in total. The molecule has 20 heavy (non-hydrogen) atoms. The molecule has 1 aliphatic rings. The Morgan fingerprint density at radius 3 is 2.30 bits per heavy atom. The fraction of sp³-hybridized carbons (Fsp3) is 0.938. The van der Waals surface area contributed by atoms with Crippen molar-refractivity contribution >= 4 is 5.97 Å². The third-order valence-electron chi connectivity index (χ3n) is 4.18. The van der Waals surface area contributed by atoms with Gasteiger partial charge in [-0.25, -0.2) is 0 Å². The average molecular weight is 285 g/mol. The molecule has 1 heterocycles. The Labute approximate surface area is 123 Å². The quantitative estimate of drug-likeness (QED) is 0.810. The van der Waals surface area contributed by atoms with Crippen molar-refractivity contribution in [1.82, 2.24) is 4.90 Å². The highest BCUT2D eigenvalue weighted by atomic mass is 16.6. The number of ether oxygens (including phenoxy) is 1. The molecule has 1 rings (SSSR count). The van der Waals surface area contributed by atoms with E-state index in [1.807, 2.05) is 20.8 Å². The van der Waals surface area contributed by atoms with Crippen LogP contribution in [-0.2, 0) is 9.53 Å². The number of rotatable bonds is 3. The summed E-state index contributed by atoms with van der Waals surface area (Å²) in [5, 5.41) is 10.9. The lowest BCUT2D eigenvalue weighted by atomic mass is 9.82. The van der Waals surface area contributed by atoms with Crippen molar-refractivity contribution in [3.8, 4) is 0 Å². The highest BCUT2D eigenvalue weighted by molar-refractivity contribution is 5.73. The zero-order chi connectivity index (χ0) is 15.6. The van der Waals surface area contributed by atoms with E-state index >= 15 is 0 Å². The zero-order valence-corrected chi connectivity index (χ0v) is 13.9. The normalized spacial score (nSPS) is 27.2. The third kappa shape index (κ3) is 4.74. The molecule has 4 heteroatoms. The van der Waals surface area contributed by atoms with Crippen molar-refractivity contribution < 1.29 is 14.6 Å². The number of nitrogens with zero attached hydrogens (tertiary/aromatic N) is 1. The highest BCUT2D eigenvalue weighted by Gasteiger charge is 2.41. The van der Waals surface area contributed by atoms with Crippen molar-refractivity contribution in [1.29, 1.82) is 0 Å². The maximum atomic E-state index is 12.2. The van der Waals surface area contributed by atoms with Crippen molar-refractivity contribution in [2.75, 3.05) is 13.1 Å². The van der Waals surface area contributed by atoms with Gasteiger partial charge in [-0.15, -0.1) is 0 Å². The Bertz CT molecular complexity index is 335. The van der Waals surface area contributed by atoms with E-state index in [1.165, 1.54) is 0 Å². The molecule has 0 bridgehead atoms. The first kappa shape index (κ1) is 17.4. The van der Waals surface area contributed by atoms with Crippen LogP contribution >= 0.6 is 0 Å². The predicted molar refractivity (Wildman–Crippen MR) is 80.5 cm³/mol. The van der Waals surface area contributed by atoms with Gasteiger partial charge in [0.25, 0.3) is 0 Å². The van der Waals surface area contributed by atoms with Gasteiger partial charge in [-0.2, -0.15) is 0 Å². The monoisotopic (exact) mass is 285 g/mol. The topological polar surface area (TPSA) is 49.8 Å². The molecule has 2 atom stereocenters. The molecular formula is C16H31NO3. The number of esters is 1. The van der Waals surface area contributed by atoms with E-state index in [1.54, 1.807) is 6.92 Å². The molecule has 0 radical (unpaired) electrons. The summed E-state index contributed by atoms with van der Waals surface area (Å²) in [6, 6.07) is 0.481. The van der Waals surface area contributed by atoms with E-state index < -0.39 is 17.1 Å². The van der Waals surface area contributed by atoms with Crippen LogP contribution in [0.2, 0.25) is 0 Å². The van der Waals surface area contributed by atoms with E-state index in [4.69, 9.17) is 4.74 Å². The van der Waals surface area contributed by atoms with Crippen LogP contribution in [0.1, 0.15) is 60.8 Å². The van der Waals surface area contributed by atoms with Crippen LogP contribution < -0.4 is 0 Å². The smallest absolute Gasteiger partial charge is 0.312 e. The first-order valence-electron chi connectivity index (χ1n) is 7.74. The van der Waals surface area contributed by atoms with Gasteiger partial charge in [0.05, 0.1) is 11.5 Å². The van der Waals surface area contributed by atoms with E-state index in [2.05, 4.69) is 18.7 Å². The SMILES string of the molecule is CC(C)N1CCCC(O)(C(C)C(=O)OC(C)(C)C)CC1. The first-order valence-corrected chi connectivity index (χ1v) is 7.74. The summed E-state index contributed by atoms with van der Waals surface area (Å²) >= 11 is 0. The van der Waals surface area contributed by atoms with Gasteiger partial charge in [-0.1, -0.05) is 0 Å². The van der Waals surface area contributed by atoms with Gasteiger partial charge in [0, 0.05) is 12.6 Å². The summed E-state index contributed by atoms with van der Waals surface area (Å²) in [6.45, 7) is 13.5. The second kappa shape index (κ2) is 6.44. The molecular weight excluding hydrogens is 254 g/mol. The molecule has 1 aliphatic heterocycles. The largest absolute Gasteiger partial charge is 0.460 e. The number of carbonyl (C=O) groups is 1. The van der Waals surface area contributed by atoms with Crippen LogP contribution in [0, 0.1) is 5.92 Å². The Balaban J connectivity index is 2.70. The van der Waals surface area contributed by atoms with Gasteiger partial charge in [-0.05, 0) is 67.3 Å².